The SMILES string of the molecule is CC(Oc1ccc(F)cc1Br)C(=O)N1CCCC(O)C1. The van der Waals surface area contributed by atoms with Gasteiger partial charge >= 0.3 is 0 Å². The number of benzene rings is 1. The molecule has 1 fully saturated rings. The molecule has 20 heavy (non-hydrogen) atoms. The standard InChI is InChI=1S/C14H17BrFNO3/c1-9(14(19)17-6-2-3-11(18)8-17)20-13-5-4-10(16)7-12(13)15/h4-5,7,9,11,18H,2-3,6,8H2,1H3. The van der Waals surface area contributed by atoms with Crippen molar-refractivity contribution in [3.63, 3.8) is 0 Å². The molecule has 1 N–H and O–H groups in total. The van der Waals surface area contributed by atoms with E-state index in [0.29, 0.717) is 23.3 Å². The zero-order chi connectivity index (χ0) is 14.7. The Morgan fingerprint density at radius 2 is 2.35 bits per heavy atom. The maximum absolute atomic E-state index is 13.0. The third kappa shape index (κ3) is 3.70. The highest BCUT2D eigenvalue weighted by Crippen LogP contribution is 2.26. The summed E-state index contributed by atoms with van der Waals surface area (Å²) in [6, 6.07) is 4.05. The van der Waals surface area contributed by atoms with E-state index < -0.39 is 12.2 Å². The van der Waals surface area contributed by atoms with E-state index in [0.717, 1.165) is 12.8 Å². The van der Waals surface area contributed by atoms with E-state index in [2.05, 4.69) is 15.9 Å². The second-order valence-electron chi connectivity index (χ2n) is 4.92. The molecule has 1 saturated heterocycles. The van der Waals surface area contributed by atoms with Gasteiger partial charge in [-0.05, 0) is 53.9 Å². The van der Waals surface area contributed by atoms with Crippen LogP contribution in [0.5, 0.6) is 5.75 Å². The van der Waals surface area contributed by atoms with Gasteiger partial charge in [-0.2, -0.15) is 0 Å². The molecule has 1 aliphatic rings. The average Bonchev–Trinajstić information content (AvgIpc) is 2.41. The van der Waals surface area contributed by atoms with Crippen LogP contribution in [-0.4, -0.2) is 41.2 Å². The summed E-state index contributed by atoms with van der Waals surface area (Å²) in [5.74, 6) is -0.118. The van der Waals surface area contributed by atoms with E-state index in [9.17, 15) is 14.3 Å². The molecule has 1 heterocycles. The van der Waals surface area contributed by atoms with Crippen molar-refractivity contribution in [2.75, 3.05) is 13.1 Å². The lowest BCUT2D eigenvalue weighted by molar-refractivity contribution is -0.141. The van der Waals surface area contributed by atoms with E-state index in [4.69, 9.17) is 4.74 Å². The summed E-state index contributed by atoms with van der Waals surface area (Å²) in [6.45, 7) is 2.63. The molecule has 0 aliphatic carbocycles. The Bertz CT molecular complexity index is 497. The van der Waals surface area contributed by atoms with Crippen molar-refractivity contribution < 1.29 is 19.0 Å². The molecule has 0 spiro atoms. The number of carbonyl (C=O) groups is 1. The largest absolute Gasteiger partial charge is 0.480 e. The first-order chi connectivity index (χ1) is 9.47. The van der Waals surface area contributed by atoms with Gasteiger partial charge < -0.3 is 14.7 Å². The molecular weight excluding hydrogens is 329 g/mol. The molecule has 2 atom stereocenters. The highest BCUT2D eigenvalue weighted by atomic mass is 79.9. The molecule has 4 nitrogen and oxygen atoms in total. The lowest BCUT2D eigenvalue weighted by atomic mass is 10.1. The van der Waals surface area contributed by atoms with Crippen LogP contribution in [-0.2, 0) is 4.79 Å². The fourth-order valence-electron chi connectivity index (χ4n) is 2.22. The van der Waals surface area contributed by atoms with E-state index in [1.54, 1.807) is 11.8 Å². The monoisotopic (exact) mass is 345 g/mol. The quantitative estimate of drug-likeness (QED) is 0.914. The fraction of sp³-hybridized carbons (Fsp3) is 0.500. The molecule has 2 unspecified atom stereocenters. The summed E-state index contributed by atoms with van der Waals surface area (Å²) in [4.78, 5) is 13.8. The Labute approximate surface area is 125 Å². The van der Waals surface area contributed by atoms with Gasteiger partial charge in [0.05, 0.1) is 10.6 Å². The van der Waals surface area contributed by atoms with Crippen LogP contribution in [0.25, 0.3) is 0 Å². The fourth-order valence-corrected chi connectivity index (χ4v) is 2.67. The second kappa shape index (κ2) is 6.54. The summed E-state index contributed by atoms with van der Waals surface area (Å²) in [7, 11) is 0. The maximum atomic E-state index is 13.0. The zero-order valence-electron chi connectivity index (χ0n) is 11.2. The number of β-amino-alcohol motifs (C(OH)–C–C–N with tert-alkyl or cyclic N) is 1. The summed E-state index contributed by atoms with van der Waals surface area (Å²) >= 11 is 3.20. The second-order valence-corrected chi connectivity index (χ2v) is 5.77. The molecule has 1 aromatic rings. The van der Waals surface area contributed by atoms with Crippen LogP contribution in [0.1, 0.15) is 19.8 Å². The first kappa shape index (κ1) is 15.3. The lowest BCUT2D eigenvalue weighted by Gasteiger charge is -2.32. The zero-order valence-corrected chi connectivity index (χ0v) is 12.8. The Kier molecular flexibility index (Phi) is 4.99. The van der Waals surface area contributed by atoms with Gasteiger partial charge in [0.2, 0.25) is 0 Å². The number of nitrogens with zero attached hydrogens (tertiary/aromatic N) is 1. The van der Waals surface area contributed by atoms with Gasteiger partial charge in [0.1, 0.15) is 11.6 Å². The molecule has 0 aromatic heterocycles. The number of piperidine rings is 1. The van der Waals surface area contributed by atoms with E-state index >= 15 is 0 Å². The number of hydrogen-bond donors (Lipinski definition) is 1. The number of hydrogen-bond acceptors (Lipinski definition) is 3. The number of aliphatic hydroxyl groups excluding tert-OH is 1. The predicted octanol–water partition coefficient (Wildman–Crippen LogP) is 2.34. The van der Waals surface area contributed by atoms with Crippen LogP contribution in [0, 0.1) is 5.82 Å². The number of ether oxygens (including phenoxy) is 1. The summed E-state index contributed by atoms with van der Waals surface area (Å²) in [6.07, 6.45) is 0.377. The summed E-state index contributed by atoms with van der Waals surface area (Å²) in [5, 5.41) is 9.59. The van der Waals surface area contributed by atoms with E-state index in [1.165, 1.54) is 18.2 Å². The Morgan fingerprint density at radius 1 is 1.60 bits per heavy atom. The highest BCUT2D eigenvalue weighted by Gasteiger charge is 2.27. The van der Waals surface area contributed by atoms with Gasteiger partial charge in [0.25, 0.3) is 5.91 Å². The number of rotatable bonds is 3. The highest BCUT2D eigenvalue weighted by molar-refractivity contribution is 9.10. The van der Waals surface area contributed by atoms with Crippen LogP contribution < -0.4 is 4.74 Å². The molecule has 2 rings (SSSR count). The van der Waals surface area contributed by atoms with Gasteiger partial charge in [-0.15, -0.1) is 0 Å². The van der Waals surface area contributed by atoms with E-state index in [-0.39, 0.29) is 11.7 Å². The normalized spacial score (nSPS) is 20.6. The Balaban J connectivity index is 2.00. The Morgan fingerprint density at radius 3 is 3.00 bits per heavy atom. The minimum atomic E-state index is -0.679. The van der Waals surface area contributed by atoms with Gasteiger partial charge in [-0.1, -0.05) is 0 Å². The molecule has 1 amide bonds. The maximum Gasteiger partial charge on any atom is 0.263 e. The van der Waals surface area contributed by atoms with Crippen molar-refractivity contribution >= 4 is 21.8 Å². The van der Waals surface area contributed by atoms with Crippen molar-refractivity contribution in [3.05, 3.63) is 28.5 Å². The first-order valence-corrected chi connectivity index (χ1v) is 7.35. The van der Waals surface area contributed by atoms with Crippen molar-refractivity contribution in [1.29, 1.82) is 0 Å². The minimum Gasteiger partial charge on any atom is -0.480 e. The Hall–Kier alpha value is -1.14. The molecule has 1 aromatic carbocycles. The molecule has 0 saturated carbocycles. The molecular formula is C14H17BrFNO3. The van der Waals surface area contributed by atoms with Gasteiger partial charge in [0, 0.05) is 13.1 Å². The molecule has 110 valence electrons. The lowest BCUT2D eigenvalue weighted by Crippen LogP contribution is -2.47. The number of amides is 1. The average molecular weight is 346 g/mol. The van der Waals surface area contributed by atoms with Gasteiger partial charge in [-0.3, -0.25) is 4.79 Å². The summed E-state index contributed by atoms with van der Waals surface area (Å²) in [5.41, 5.74) is 0. The van der Waals surface area contributed by atoms with Crippen LogP contribution in [0.15, 0.2) is 22.7 Å². The smallest absolute Gasteiger partial charge is 0.263 e. The third-order valence-electron chi connectivity index (χ3n) is 3.25. The molecule has 1 aliphatic heterocycles. The van der Waals surface area contributed by atoms with Crippen LogP contribution in [0.3, 0.4) is 0 Å². The molecule has 0 radical (unpaired) electrons. The topological polar surface area (TPSA) is 49.8 Å². The minimum absolute atomic E-state index is 0.167. The number of likely N-dealkylation sites (tertiary alicyclic amines) is 1. The predicted molar refractivity (Wildman–Crippen MR) is 76.0 cm³/mol. The van der Waals surface area contributed by atoms with Crippen molar-refractivity contribution in [2.45, 2.75) is 32.0 Å². The number of carbonyl (C=O) groups excluding carboxylic acids is 1. The van der Waals surface area contributed by atoms with Crippen molar-refractivity contribution in [1.82, 2.24) is 4.90 Å². The summed E-state index contributed by atoms with van der Waals surface area (Å²) < 4.78 is 19.0. The van der Waals surface area contributed by atoms with Crippen LogP contribution in [0.2, 0.25) is 0 Å². The van der Waals surface area contributed by atoms with Crippen molar-refractivity contribution in [2.24, 2.45) is 0 Å². The number of halogens is 2. The van der Waals surface area contributed by atoms with Crippen LogP contribution in [0.4, 0.5) is 4.39 Å². The van der Waals surface area contributed by atoms with E-state index in [1.807, 2.05) is 0 Å². The number of aliphatic hydroxyl groups is 1. The molecule has 6 heteroatoms. The van der Waals surface area contributed by atoms with Crippen molar-refractivity contribution in [3.8, 4) is 5.75 Å². The van der Waals surface area contributed by atoms with Gasteiger partial charge in [0.15, 0.2) is 6.10 Å². The molecule has 0 bridgehead atoms. The third-order valence-corrected chi connectivity index (χ3v) is 3.87. The first-order valence-electron chi connectivity index (χ1n) is 6.56. The van der Waals surface area contributed by atoms with Crippen LogP contribution >= 0.6 is 15.9 Å². The van der Waals surface area contributed by atoms with Gasteiger partial charge in [-0.25, -0.2) is 4.39 Å².